The standard InChI is InChI=1S/C9H12O/c10-8-4-7-9-5-2-1-3-6-9/h1-2,9-10H,3,5-6,8H2. The summed E-state index contributed by atoms with van der Waals surface area (Å²) in [6, 6.07) is 0. The SMILES string of the molecule is OCC#CC1CC=CCC1. The van der Waals surface area contributed by atoms with Crippen LogP contribution in [-0.4, -0.2) is 11.7 Å². The summed E-state index contributed by atoms with van der Waals surface area (Å²) in [5, 5.41) is 8.41. The van der Waals surface area contributed by atoms with E-state index >= 15 is 0 Å². The van der Waals surface area contributed by atoms with E-state index in [0.29, 0.717) is 5.92 Å². The van der Waals surface area contributed by atoms with Crippen molar-refractivity contribution in [1.82, 2.24) is 0 Å². The van der Waals surface area contributed by atoms with E-state index in [4.69, 9.17) is 5.11 Å². The maximum absolute atomic E-state index is 8.41. The predicted octanol–water partition coefficient (Wildman–Crippen LogP) is 1.34. The number of rotatable bonds is 0. The topological polar surface area (TPSA) is 20.2 Å². The van der Waals surface area contributed by atoms with Crippen molar-refractivity contribution in [2.75, 3.05) is 6.61 Å². The largest absolute Gasteiger partial charge is 0.384 e. The van der Waals surface area contributed by atoms with E-state index in [-0.39, 0.29) is 6.61 Å². The fraction of sp³-hybridized carbons (Fsp3) is 0.556. The van der Waals surface area contributed by atoms with E-state index < -0.39 is 0 Å². The average molecular weight is 136 g/mol. The van der Waals surface area contributed by atoms with Crippen LogP contribution in [0, 0.1) is 17.8 Å². The molecule has 10 heavy (non-hydrogen) atoms. The van der Waals surface area contributed by atoms with Gasteiger partial charge in [-0.2, -0.15) is 0 Å². The predicted molar refractivity (Wildman–Crippen MR) is 41.3 cm³/mol. The molecule has 1 N–H and O–H groups in total. The van der Waals surface area contributed by atoms with E-state index in [0.717, 1.165) is 19.3 Å². The van der Waals surface area contributed by atoms with Crippen LogP contribution in [0.25, 0.3) is 0 Å². The fourth-order valence-corrected chi connectivity index (χ4v) is 1.11. The van der Waals surface area contributed by atoms with Gasteiger partial charge in [-0.25, -0.2) is 0 Å². The molecular formula is C9H12O. The highest BCUT2D eigenvalue weighted by atomic mass is 16.2. The molecule has 1 aliphatic rings. The molecule has 0 fully saturated rings. The van der Waals surface area contributed by atoms with Crippen molar-refractivity contribution >= 4 is 0 Å². The van der Waals surface area contributed by atoms with Crippen molar-refractivity contribution < 1.29 is 5.11 Å². The zero-order valence-corrected chi connectivity index (χ0v) is 6.01. The van der Waals surface area contributed by atoms with Crippen molar-refractivity contribution in [1.29, 1.82) is 0 Å². The number of aliphatic hydroxyl groups excluding tert-OH is 1. The molecule has 0 radical (unpaired) electrons. The van der Waals surface area contributed by atoms with Crippen LogP contribution in [0.5, 0.6) is 0 Å². The third-order valence-corrected chi connectivity index (χ3v) is 1.65. The lowest BCUT2D eigenvalue weighted by atomic mass is 9.95. The molecule has 0 amide bonds. The van der Waals surface area contributed by atoms with Gasteiger partial charge in [-0.3, -0.25) is 0 Å². The summed E-state index contributed by atoms with van der Waals surface area (Å²) in [4.78, 5) is 0. The Morgan fingerprint density at radius 1 is 1.50 bits per heavy atom. The van der Waals surface area contributed by atoms with Crippen LogP contribution >= 0.6 is 0 Å². The molecule has 0 saturated heterocycles. The molecule has 0 aromatic carbocycles. The van der Waals surface area contributed by atoms with Gasteiger partial charge in [0.15, 0.2) is 0 Å². The van der Waals surface area contributed by atoms with Gasteiger partial charge < -0.3 is 5.11 Å². The fourth-order valence-electron chi connectivity index (χ4n) is 1.11. The highest BCUT2D eigenvalue weighted by molar-refractivity contribution is 5.08. The molecule has 1 heteroatoms. The van der Waals surface area contributed by atoms with Crippen LogP contribution in [0.4, 0.5) is 0 Å². The summed E-state index contributed by atoms with van der Waals surface area (Å²) in [6.45, 7) is 0.000213. The number of hydrogen-bond acceptors (Lipinski definition) is 1. The Hall–Kier alpha value is -0.740. The van der Waals surface area contributed by atoms with Gasteiger partial charge in [0.05, 0.1) is 0 Å². The second-order valence-electron chi connectivity index (χ2n) is 2.46. The van der Waals surface area contributed by atoms with Crippen molar-refractivity contribution in [2.24, 2.45) is 5.92 Å². The maximum Gasteiger partial charge on any atom is 0.104 e. The van der Waals surface area contributed by atoms with Crippen LogP contribution in [0.15, 0.2) is 12.2 Å². The molecule has 0 heterocycles. The second-order valence-corrected chi connectivity index (χ2v) is 2.46. The lowest BCUT2D eigenvalue weighted by Gasteiger charge is -2.09. The van der Waals surface area contributed by atoms with E-state index in [1.54, 1.807) is 0 Å². The summed E-state index contributed by atoms with van der Waals surface area (Å²) in [5.74, 6) is 6.21. The Morgan fingerprint density at radius 3 is 3.00 bits per heavy atom. The Morgan fingerprint density at radius 2 is 2.40 bits per heavy atom. The van der Waals surface area contributed by atoms with Crippen molar-refractivity contribution in [3.05, 3.63) is 12.2 Å². The summed E-state index contributed by atoms with van der Waals surface area (Å²) >= 11 is 0. The highest BCUT2D eigenvalue weighted by Crippen LogP contribution is 2.16. The molecule has 1 rings (SSSR count). The molecule has 1 aliphatic carbocycles. The minimum atomic E-state index is 0.000213. The summed E-state index contributed by atoms with van der Waals surface area (Å²) in [5.41, 5.74) is 0. The van der Waals surface area contributed by atoms with Crippen molar-refractivity contribution in [2.45, 2.75) is 19.3 Å². The second kappa shape index (κ2) is 4.14. The van der Waals surface area contributed by atoms with Crippen LogP contribution in [0.3, 0.4) is 0 Å². The van der Waals surface area contributed by atoms with E-state index in [9.17, 15) is 0 Å². The normalized spacial score (nSPS) is 23.5. The van der Waals surface area contributed by atoms with Gasteiger partial charge in [0, 0.05) is 5.92 Å². The number of aliphatic hydroxyl groups is 1. The van der Waals surface area contributed by atoms with E-state index in [1.807, 2.05) is 0 Å². The van der Waals surface area contributed by atoms with Gasteiger partial charge in [0.2, 0.25) is 0 Å². The first-order valence-corrected chi connectivity index (χ1v) is 3.67. The Bertz CT molecular complexity index is 171. The van der Waals surface area contributed by atoms with Crippen molar-refractivity contribution in [3.8, 4) is 11.8 Å². The smallest absolute Gasteiger partial charge is 0.104 e. The average Bonchev–Trinajstić information content (AvgIpc) is 2.03. The number of allylic oxidation sites excluding steroid dienone is 2. The maximum atomic E-state index is 8.41. The Balaban J connectivity index is 2.35. The zero-order valence-electron chi connectivity index (χ0n) is 6.01. The lowest BCUT2D eigenvalue weighted by Crippen LogP contribution is -1.98. The molecule has 1 atom stereocenters. The summed E-state index contributed by atoms with van der Waals surface area (Å²) in [6.07, 6.45) is 7.72. The van der Waals surface area contributed by atoms with Crippen molar-refractivity contribution in [3.63, 3.8) is 0 Å². The molecular weight excluding hydrogens is 124 g/mol. The highest BCUT2D eigenvalue weighted by Gasteiger charge is 2.04. The minimum absolute atomic E-state index is 0.000213. The Kier molecular flexibility index (Phi) is 3.05. The monoisotopic (exact) mass is 136 g/mol. The molecule has 54 valence electrons. The molecule has 0 aromatic heterocycles. The molecule has 1 nitrogen and oxygen atoms in total. The van der Waals surface area contributed by atoms with E-state index in [1.165, 1.54) is 0 Å². The number of hydrogen-bond donors (Lipinski definition) is 1. The van der Waals surface area contributed by atoms with Gasteiger partial charge >= 0.3 is 0 Å². The summed E-state index contributed by atoms with van der Waals surface area (Å²) in [7, 11) is 0. The lowest BCUT2D eigenvalue weighted by molar-refractivity contribution is 0.350. The molecule has 0 aliphatic heterocycles. The van der Waals surface area contributed by atoms with Gasteiger partial charge in [-0.05, 0) is 19.3 Å². The Labute approximate surface area is 61.8 Å². The summed E-state index contributed by atoms with van der Waals surface area (Å²) < 4.78 is 0. The zero-order chi connectivity index (χ0) is 7.23. The van der Waals surface area contributed by atoms with Crippen LogP contribution in [0.2, 0.25) is 0 Å². The molecule has 1 unspecified atom stereocenters. The third kappa shape index (κ3) is 2.24. The van der Waals surface area contributed by atoms with Crippen LogP contribution in [-0.2, 0) is 0 Å². The van der Waals surface area contributed by atoms with Gasteiger partial charge in [-0.15, -0.1) is 0 Å². The molecule has 0 spiro atoms. The van der Waals surface area contributed by atoms with Gasteiger partial charge in [-0.1, -0.05) is 24.0 Å². The van der Waals surface area contributed by atoms with Gasteiger partial charge in [0.25, 0.3) is 0 Å². The van der Waals surface area contributed by atoms with Crippen LogP contribution in [0.1, 0.15) is 19.3 Å². The molecule has 0 saturated carbocycles. The third-order valence-electron chi connectivity index (χ3n) is 1.65. The minimum Gasteiger partial charge on any atom is -0.384 e. The van der Waals surface area contributed by atoms with Gasteiger partial charge in [0.1, 0.15) is 6.61 Å². The first-order valence-electron chi connectivity index (χ1n) is 3.67. The molecule has 0 aromatic rings. The van der Waals surface area contributed by atoms with Crippen LogP contribution < -0.4 is 0 Å². The first kappa shape index (κ1) is 7.37. The molecule has 0 bridgehead atoms. The first-order chi connectivity index (χ1) is 4.93. The quantitative estimate of drug-likeness (QED) is 0.393. The van der Waals surface area contributed by atoms with E-state index in [2.05, 4.69) is 24.0 Å².